The molecular weight excluding hydrogens is 250 g/mol. The zero-order chi connectivity index (χ0) is 11.9. The molecule has 1 aromatic rings. The molecule has 1 heterocycles. The minimum Gasteiger partial charge on any atom is -0.449 e. The van der Waals surface area contributed by atoms with Gasteiger partial charge in [0.2, 0.25) is 0 Å². The lowest BCUT2D eigenvalue weighted by atomic mass is 10.3. The van der Waals surface area contributed by atoms with Gasteiger partial charge >= 0.3 is 12.5 Å². The molecule has 2 rings (SSSR count). The molecule has 0 unspecified atom stereocenters. The molecule has 0 spiro atoms. The predicted octanol–water partition coefficient (Wildman–Crippen LogP) is 2.72. The van der Waals surface area contributed by atoms with Gasteiger partial charge in [0.15, 0.2) is 17.2 Å². The number of halogens is 3. The third-order valence-electron chi connectivity index (χ3n) is 1.65. The number of carboxylic acid groups (broad SMARTS) is 1. The zero-order valence-electron chi connectivity index (χ0n) is 7.37. The Morgan fingerprint density at radius 3 is 2.50 bits per heavy atom. The fraction of sp³-hybridized carbons (Fsp3) is 0.125. The van der Waals surface area contributed by atoms with Crippen molar-refractivity contribution in [2.75, 3.05) is 0 Å². The first-order valence-electron chi connectivity index (χ1n) is 3.87. The fourth-order valence-corrected chi connectivity index (χ4v) is 1.32. The third kappa shape index (κ3) is 1.94. The quantitative estimate of drug-likeness (QED) is 0.615. The second-order valence-corrected chi connectivity index (χ2v) is 3.17. The Bertz CT molecular complexity index is 462. The summed E-state index contributed by atoms with van der Waals surface area (Å²) in [6.07, 6.45) is -5.40. The van der Waals surface area contributed by atoms with E-state index in [2.05, 4.69) is 14.2 Å². The highest BCUT2D eigenvalue weighted by Gasteiger charge is 2.44. The molecule has 5 nitrogen and oxygen atoms in total. The van der Waals surface area contributed by atoms with E-state index in [0.717, 1.165) is 12.1 Å². The van der Waals surface area contributed by atoms with E-state index in [-0.39, 0.29) is 22.3 Å². The average molecular weight is 253 g/mol. The van der Waals surface area contributed by atoms with Crippen molar-refractivity contribution < 1.29 is 32.9 Å². The molecule has 1 N–H and O–H groups in total. The molecule has 0 atom stereocenters. The largest absolute Gasteiger partial charge is 0.586 e. The lowest BCUT2D eigenvalue weighted by Gasteiger charge is -2.04. The molecule has 1 aliphatic rings. The molecule has 0 amide bonds. The SMILES string of the molecule is O=C(O)Oc1cc2c(cc1Cl)OC(F)(F)O2. The lowest BCUT2D eigenvalue weighted by molar-refractivity contribution is -0.286. The van der Waals surface area contributed by atoms with Crippen LogP contribution in [0.25, 0.3) is 0 Å². The van der Waals surface area contributed by atoms with Gasteiger partial charge in [0.1, 0.15) is 0 Å². The van der Waals surface area contributed by atoms with Gasteiger partial charge in [-0.25, -0.2) is 4.79 Å². The van der Waals surface area contributed by atoms with Gasteiger partial charge in [-0.1, -0.05) is 11.6 Å². The van der Waals surface area contributed by atoms with Crippen molar-refractivity contribution in [1.82, 2.24) is 0 Å². The summed E-state index contributed by atoms with van der Waals surface area (Å²) >= 11 is 5.58. The summed E-state index contributed by atoms with van der Waals surface area (Å²) in [4.78, 5) is 10.2. The van der Waals surface area contributed by atoms with Crippen LogP contribution in [0.1, 0.15) is 0 Å². The number of fused-ring (bicyclic) bond motifs is 1. The zero-order valence-corrected chi connectivity index (χ0v) is 8.12. The number of carbonyl (C=O) groups is 1. The van der Waals surface area contributed by atoms with Gasteiger partial charge in [-0.05, 0) is 0 Å². The van der Waals surface area contributed by atoms with Crippen molar-refractivity contribution in [2.45, 2.75) is 6.29 Å². The van der Waals surface area contributed by atoms with E-state index in [4.69, 9.17) is 16.7 Å². The average Bonchev–Trinajstić information content (AvgIpc) is 2.38. The predicted molar refractivity (Wildman–Crippen MR) is 46.3 cm³/mol. The molecule has 0 saturated carbocycles. The van der Waals surface area contributed by atoms with Crippen molar-refractivity contribution in [2.24, 2.45) is 0 Å². The summed E-state index contributed by atoms with van der Waals surface area (Å²) in [7, 11) is 0. The molecule has 0 aromatic heterocycles. The maximum Gasteiger partial charge on any atom is 0.586 e. The van der Waals surface area contributed by atoms with Crippen molar-refractivity contribution in [3.05, 3.63) is 17.2 Å². The van der Waals surface area contributed by atoms with Crippen molar-refractivity contribution in [1.29, 1.82) is 0 Å². The first-order chi connectivity index (χ1) is 7.37. The Morgan fingerprint density at radius 1 is 1.38 bits per heavy atom. The molecule has 86 valence electrons. The van der Waals surface area contributed by atoms with E-state index in [0.29, 0.717) is 0 Å². The van der Waals surface area contributed by atoms with Crippen molar-refractivity contribution >= 4 is 17.8 Å². The van der Waals surface area contributed by atoms with E-state index in [9.17, 15) is 13.6 Å². The standard InChI is InChI=1S/C8H3ClF2O5/c9-3-1-5-6(16-8(10,11)15-5)2-4(3)14-7(12)13/h1-2H,(H,12,13). The van der Waals surface area contributed by atoms with Gasteiger partial charge < -0.3 is 19.3 Å². The van der Waals surface area contributed by atoms with Crippen LogP contribution in [0, 0.1) is 0 Å². The van der Waals surface area contributed by atoms with Crippen molar-refractivity contribution in [3.8, 4) is 17.2 Å². The molecule has 0 bridgehead atoms. The number of hydrogen-bond donors (Lipinski definition) is 1. The Hall–Kier alpha value is -1.76. The first kappa shape index (κ1) is 10.7. The van der Waals surface area contributed by atoms with Crippen LogP contribution in [-0.2, 0) is 0 Å². The van der Waals surface area contributed by atoms with E-state index in [1.54, 1.807) is 0 Å². The summed E-state index contributed by atoms with van der Waals surface area (Å²) in [5, 5.41) is 8.16. The molecule has 0 radical (unpaired) electrons. The number of alkyl halides is 2. The molecule has 1 aromatic carbocycles. The lowest BCUT2D eigenvalue weighted by Crippen LogP contribution is -2.25. The molecule has 1 aliphatic heterocycles. The van der Waals surface area contributed by atoms with E-state index in [1.807, 2.05) is 0 Å². The third-order valence-corrected chi connectivity index (χ3v) is 1.95. The van der Waals surface area contributed by atoms with E-state index >= 15 is 0 Å². The highest BCUT2D eigenvalue weighted by Crippen LogP contribution is 2.45. The summed E-state index contributed by atoms with van der Waals surface area (Å²) in [6.45, 7) is 0. The number of ether oxygens (including phenoxy) is 3. The molecular formula is C8H3ClF2O5. The number of rotatable bonds is 1. The summed E-state index contributed by atoms with van der Waals surface area (Å²) in [5.74, 6) is -0.937. The molecule has 0 aliphatic carbocycles. The summed E-state index contributed by atoms with van der Waals surface area (Å²) in [5.41, 5.74) is 0. The van der Waals surface area contributed by atoms with Crippen LogP contribution in [-0.4, -0.2) is 17.6 Å². The first-order valence-corrected chi connectivity index (χ1v) is 4.25. The highest BCUT2D eigenvalue weighted by molar-refractivity contribution is 6.32. The van der Waals surface area contributed by atoms with Crippen LogP contribution < -0.4 is 14.2 Å². The molecule has 16 heavy (non-hydrogen) atoms. The van der Waals surface area contributed by atoms with Crippen LogP contribution in [0.2, 0.25) is 5.02 Å². The van der Waals surface area contributed by atoms with E-state index < -0.39 is 12.5 Å². The maximum atomic E-state index is 12.6. The minimum atomic E-state index is -3.78. The summed E-state index contributed by atoms with van der Waals surface area (Å²) < 4.78 is 37.7. The molecule has 0 fully saturated rings. The fourth-order valence-electron chi connectivity index (χ4n) is 1.13. The van der Waals surface area contributed by atoms with Crippen LogP contribution in [0.4, 0.5) is 13.6 Å². The highest BCUT2D eigenvalue weighted by atomic mass is 35.5. The number of benzene rings is 1. The Morgan fingerprint density at radius 2 is 1.94 bits per heavy atom. The van der Waals surface area contributed by atoms with Gasteiger partial charge in [-0.3, -0.25) is 0 Å². The smallest absolute Gasteiger partial charge is 0.449 e. The normalized spacial score (nSPS) is 15.9. The molecule has 0 saturated heterocycles. The van der Waals surface area contributed by atoms with Crippen LogP contribution in [0.15, 0.2) is 12.1 Å². The number of hydrogen-bond acceptors (Lipinski definition) is 4. The van der Waals surface area contributed by atoms with Gasteiger partial charge in [-0.15, -0.1) is 8.78 Å². The van der Waals surface area contributed by atoms with Crippen LogP contribution in [0.3, 0.4) is 0 Å². The maximum absolute atomic E-state index is 12.6. The van der Waals surface area contributed by atoms with Gasteiger partial charge in [0.25, 0.3) is 0 Å². The topological polar surface area (TPSA) is 65.0 Å². The Kier molecular flexibility index (Phi) is 2.27. The van der Waals surface area contributed by atoms with Gasteiger partial charge in [0, 0.05) is 12.1 Å². The second-order valence-electron chi connectivity index (χ2n) is 2.76. The monoisotopic (exact) mass is 252 g/mol. The Labute approximate surface area is 92.1 Å². The second kappa shape index (κ2) is 3.38. The van der Waals surface area contributed by atoms with Crippen LogP contribution >= 0.6 is 11.6 Å². The van der Waals surface area contributed by atoms with Crippen LogP contribution in [0.5, 0.6) is 17.2 Å². The van der Waals surface area contributed by atoms with Crippen molar-refractivity contribution in [3.63, 3.8) is 0 Å². The van der Waals surface area contributed by atoms with E-state index in [1.165, 1.54) is 0 Å². The van der Waals surface area contributed by atoms with Gasteiger partial charge in [-0.2, -0.15) is 0 Å². The molecule has 8 heteroatoms. The van der Waals surface area contributed by atoms with Gasteiger partial charge in [0.05, 0.1) is 5.02 Å². The Balaban J connectivity index is 2.37. The minimum absolute atomic E-state index is 0.178. The summed E-state index contributed by atoms with van der Waals surface area (Å²) in [6, 6.07) is 1.89.